The van der Waals surface area contributed by atoms with Gasteiger partial charge in [-0.2, -0.15) is 0 Å². The van der Waals surface area contributed by atoms with E-state index in [4.69, 9.17) is 0 Å². The van der Waals surface area contributed by atoms with Gasteiger partial charge in [0.05, 0.1) is 4.92 Å². The molecule has 0 aliphatic carbocycles. The average molecular weight is 425 g/mol. The molecule has 8 nitrogen and oxygen atoms in total. The summed E-state index contributed by atoms with van der Waals surface area (Å²) in [4.78, 5) is 39.0. The molecule has 1 aliphatic rings. The molecule has 1 saturated heterocycles. The highest BCUT2D eigenvalue weighted by molar-refractivity contribution is 5.95. The van der Waals surface area contributed by atoms with Gasteiger partial charge in [-0.15, -0.1) is 0 Å². The Bertz CT molecular complexity index is 940. The summed E-state index contributed by atoms with van der Waals surface area (Å²) in [6.45, 7) is 6.12. The van der Waals surface area contributed by atoms with E-state index in [2.05, 4.69) is 12.2 Å². The maximum Gasteiger partial charge on any atom is 0.293 e. The highest BCUT2D eigenvalue weighted by Crippen LogP contribution is 2.30. The van der Waals surface area contributed by atoms with Crippen LogP contribution in [-0.4, -0.2) is 54.4 Å². The normalized spacial score (nSPS) is 14.8. The van der Waals surface area contributed by atoms with Crippen LogP contribution in [0, 0.1) is 10.1 Å². The summed E-state index contributed by atoms with van der Waals surface area (Å²) in [6.07, 6.45) is 0.871. The lowest BCUT2D eigenvalue weighted by atomic mass is 9.96. The van der Waals surface area contributed by atoms with Crippen molar-refractivity contribution in [3.8, 4) is 0 Å². The van der Waals surface area contributed by atoms with Crippen LogP contribution < -0.4 is 10.2 Å². The Morgan fingerprint density at radius 2 is 1.77 bits per heavy atom. The van der Waals surface area contributed by atoms with E-state index < -0.39 is 4.92 Å². The third-order valence-corrected chi connectivity index (χ3v) is 5.77. The summed E-state index contributed by atoms with van der Waals surface area (Å²) < 4.78 is 0. The summed E-state index contributed by atoms with van der Waals surface area (Å²) >= 11 is 0. The van der Waals surface area contributed by atoms with Crippen molar-refractivity contribution in [2.45, 2.75) is 26.2 Å². The monoisotopic (exact) mass is 424 g/mol. The largest absolute Gasteiger partial charge is 0.362 e. The highest BCUT2D eigenvalue weighted by atomic mass is 16.6. The zero-order valence-corrected chi connectivity index (χ0v) is 17.9. The van der Waals surface area contributed by atoms with Crippen LogP contribution in [0.15, 0.2) is 48.5 Å². The Morgan fingerprint density at radius 1 is 1.10 bits per heavy atom. The molecule has 1 atom stereocenters. The summed E-state index contributed by atoms with van der Waals surface area (Å²) in [5.41, 5.74) is 1.79. The molecule has 2 aromatic carbocycles. The molecule has 2 aromatic rings. The van der Waals surface area contributed by atoms with Gasteiger partial charge in [0.15, 0.2) is 0 Å². The number of rotatable bonds is 7. The number of carbonyl (C=O) groups excluding carboxylic acids is 2. The second kappa shape index (κ2) is 10.1. The Kier molecular flexibility index (Phi) is 7.23. The lowest BCUT2D eigenvalue weighted by molar-refractivity contribution is -0.384. The first-order valence-corrected chi connectivity index (χ1v) is 10.5. The number of hydrogen-bond donors (Lipinski definition) is 1. The first kappa shape index (κ1) is 22.3. The predicted molar refractivity (Wildman–Crippen MR) is 119 cm³/mol. The fourth-order valence-electron chi connectivity index (χ4n) is 3.88. The van der Waals surface area contributed by atoms with Crippen molar-refractivity contribution in [1.29, 1.82) is 0 Å². The first-order chi connectivity index (χ1) is 14.9. The van der Waals surface area contributed by atoms with Crippen molar-refractivity contribution < 1.29 is 14.5 Å². The summed E-state index contributed by atoms with van der Waals surface area (Å²) in [7, 11) is 0. The molecule has 1 N–H and O–H groups in total. The lowest BCUT2D eigenvalue weighted by Crippen LogP contribution is -2.48. The van der Waals surface area contributed by atoms with E-state index in [1.165, 1.54) is 13.0 Å². The van der Waals surface area contributed by atoms with Crippen molar-refractivity contribution in [3.63, 3.8) is 0 Å². The Balaban J connectivity index is 1.71. The molecule has 3 rings (SSSR count). The van der Waals surface area contributed by atoms with E-state index >= 15 is 0 Å². The first-order valence-electron chi connectivity index (χ1n) is 10.5. The summed E-state index contributed by atoms with van der Waals surface area (Å²) in [5, 5.41) is 14.6. The molecule has 31 heavy (non-hydrogen) atoms. The van der Waals surface area contributed by atoms with Crippen LogP contribution in [-0.2, 0) is 4.79 Å². The van der Waals surface area contributed by atoms with Gasteiger partial charge in [-0.1, -0.05) is 37.3 Å². The molecule has 0 bridgehead atoms. The zero-order chi connectivity index (χ0) is 22.4. The van der Waals surface area contributed by atoms with Gasteiger partial charge in [0, 0.05) is 57.2 Å². The van der Waals surface area contributed by atoms with Crippen LogP contribution in [0.3, 0.4) is 0 Å². The number of nitrogens with one attached hydrogen (secondary N) is 1. The molecule has 0 spiro atoms. The van der Waals surface area contributed by atoms with Crippen molar-refractivity contribution in [2.75, 3.05) is 37.6 Å². The van der Waals surface area contributed by atoms with Crippen molar-refractivity contribution in [1.82, 2.24) is 10.2 Å². The van der Waals surface area contributed by atoms with Gasteiger partial charge < -0.3 is 15.1 Å². The SMILES string of the molecule is CCC(CNC(=O)c1ccc(N2CCN(C(C)=O)CC2)c([N+](=O)[O-])c1)c1ccccc1. The topological polar surface area (TPSA) is 95.8 Å². The van der Waals surface area contributed by atoms with Crippen LogP contribution in [0.25, 0.3) is 0 Å². The summed E-state index contributed by atoms with van der Waals surface area (Å²) in [5.74, 6) is -0.149. The molecule has 0 saturated carbocycles. The number of anilines is 1. The van der Waals surface area contributed by atoms with Gasteiger partial charge in [-0.25, -0.2) is 0 Å². The highest BCUT2D eigenvalue weighted by Gasteiger charge is 2.26. The molecule has 8 heteroatoms. The van der Waals surface area contributed by atoms with Gasteiger partial charge in [-0.3, -0.25) is 19.7 Å². The van der Waals surface area contributed by atoms with Crippen molar-refractivity contribution in [2.24, 2.45) is 0 Å². The molecular weight excluding hydrogens is 396 g/mol. The van der Waals surface area contributed by atoms with Gasteiger partial charge in [0.2, 0.25) is 5.91 Å². The van der Waals surface area contributed by atoms with Gasteiger partial charge >= 0.3 is 0 Å². The van der Waals surface area contributed by atoms with E-state index in [9.17, 15) is 19.7 Å². The van der Waals surface area contributed by atoms with Crippen LogP contribution >= 0.6 is 0 Å². The van der Waals surface area contributed by atoms with E-state index in [0.29, 0.717) is 38.4 Å². The van der Waals surface area contributed by atoms with Crippen LogP contribution in [0.2, 0.25) is 0 Å². The quantitative estimate of drug-likeness (QED) is 0.544. The minimum absolute atomic E-state index is 0.00190. The Hall–Kier alpha value is -3.42. The average Bonchev–Trinajstić information content (AvgIpc) is 2.79. The number of benzene rings is 2. The van der Waals surface area contributed by atoms with Crippen molar-refractivity contribution in [3.05, 3.63) is 69.8 Å². The molecule has 1 aliphatic heterocycles. The minimum atomic E-state index is -0.456. The van der Waals surface area contributed by atoms with E-state index in [1.807, 2.05) is 35.2 Å². The number of nitrogens with zero attached hydrogens (tertiary/aromatic N) is 3. The molecule has 0 radical (unpaired) electrons. The molecule has 0 aromatic heterocycles. The number of nitro groups is 1. The Labute approximate surface area is 182 Å². The second-order valence-electron chi connectivity index (χ2n) is 7.68. The van der Waals surface area contributed by atoms with E-state index in [1.54, 1.807) is 17.0 Å². The zero-order valence-electron chi connectivity index (χ0n) is 17.9. The van der Waals surface area contributed by atoms with Crippen LogP contribution in [0.4, 0.5) is 11.4 Å². The molecule has 2 amide bonds. The lowest BCUT2D eigenvalue weighted by Gasteiger charge is -2.35. The minimum Gasteiger partial charge on any atom is -0.362 e. The molecule has 164 valence electrons. The predicted octanol–water partition coefficient (Wildman–Crippen LogP) is 3.19. The number of nitro benzene ring substituents is 1. The van der Waals surface area contributed by atoms with Crippen molar-refractivity contribution >= 4 is 23.2 Å². The van der Waals surface area contributed by atoms with E-state index in [-0.39, 0.29) is 29.0 Å². The molecule has 1 heterocycles. The van der Waals surface area contributed by atoms with Crippen LogP contribution in [0.1, 0.15) is 42.1 Å². The smallest absolute Gasteiger partial charge is 0.293 e. The third kappa shape index (κ3) is 5.39. The summed E-state index contributed by atoms with van der Waals surface area (Å²) in [6, 6.07) is 14.6. The Morgan fingerprint density at radius 3 is 2.35 bits per heavy atom. The standard InChI is InChI=1S/C23H28N4O4/c1-3-18(19-7-5-4-6-8-19)16-24-23(29)20-9-10-21(22(15-20)27(30)31)26-13-11-25(12-14-26)17(2)28/h4-10,15,18H,3,11-14,16H2,1-2H3,(H,24,29). The van der Waals surface area contributed by atoms with Gasteiger partial charge in [-0.05, 0) is 24.1 Å². The van der Waals surface area contributed by atoms with Gasteiger partial charge in [0.1, 0.15) is 5.69 Å². The molecule has 1 fully saturated rings. The maximum absolute atomic E-state index is 12.7. The fourth-order valence-corrected chi connectivity index (χ4v) is 3.88. The maximum atomic E-state index is 12.7. The molecular formula is C23H28N4O4. The van der Waals surface area contributed by atoms with Gasteiger partial charge in [0.25, 0.3) is 11.6 Å². The molecule has 1 unspecified atom stereocenters. The number of piperazine rings is 1. The third-order valence-electron chi connectivity index (χ3n) is 5.77. The fraction of sp³-hybridized carbons (Fsp3) is 0.391. The number of hydrogen-bond acceptors (Lipinski definition) is 5. The number of carbonyl (C=O) groups is 2. The second-order valence-corrected chi connectivity index (χ2v) is 7.68. The van der Waals surface area contributed by atoms with Crippen LogP contribution in [0.5, 0.6) is 0 Å². The van der Waals surface area contributed by atoms with E-state index in [0.717, 1.165) is 12.0 Å². The number of amides is 2.